The average molecular weight is 565 g/mol. The monoisotopic (exact) mass is 563 g/mol. The van der Waals surface area contributed by atoms with Crippen molar-refractivity contribution in [3.63, 3.8) is 0 Å². The van der Waals surface area contributed by atoms with E-state index in [9.17, 15) is 14.4 Å². The molecule has 0 spiro atoms. The average Bonchev–Trinajstić information content (AvgIpc) is 2.83. The summed E-state index contributed by atoms with van der Waals surface area (Å²) in [6, 6.07) is 15.9. The fourth-order valence-corrected chi connectivity index (χ4v) is 3.32. The van der Waals surface area contributed by atoms with Crippen LogP contribution in [0.3, 0.4) is 0 Å². The lowest BCUT2D eigenvalue weighted by Crippen LogP contribution is -2.32. The van der Waals surface area contributed by atoms with Crippen LogP contribution >= 0.6 is 39.1 Å². The quantitative estimate of drug-likeness (QED) is 0.143. The summed E-state index contributed by atoms with van der Waals surface area (Å²) in [6.07, 6.45) is 1.24. The maximum absolute atomic E-state index is 12.5. The number of methoxy groups -OCH3 is 1. The number of halogens is 3. The fraction of sp³-hybridized carbons (Fsp3) is 0.0435. The van der Waals surface area contributed by atoms with Gasteiger partial charge in [0, 0.05) is 10.0 Å². The number of carbonyl (C=O) groups excluding carboxylic acids is 3. The molecule has 0 saturated heterocycles. The molecule has 0 unspecified atom stereocenters. The Morgan fingerprint density at radius 3 is 2.44 bits per heavy atom. The van der Waals surface area contributed by atoms with Crippen LogP contribution < -0.4 is 20.2 Å². The number of hydrazone groups is 1. The maximum atomic E-state index is 12.5. The minimum absolute atomic E-state index is 0.103. The molecule has 174 valence electrons. The molecule has 0 aliphatic rings. The largest absolute Gasteiger partial charge is 0.497 e. The normalized spacial score (nSPS) is 10.6. The predicted molar refractivity (Wildman–Crippen MR) is 133 cm³/mol. The molecule has 34 heavy (non-hydrogen) atoms. The van der Waals surface area contributed by atoms with Gasteiger partial charge in [0.05, 0.1) is 34.6 Å². The Balaban J connectivity index is 1.67. The summed E-state index contributed by atoms with van der Waals surface area (Å²) in [5, 5.41) is 6.45. The maximum Gasteiger partial charge on any atom is 0.343 e. The SMILES string of the molecule is COc1ccc(C(=O)Oc2ccc(Br)cc2/C=N\NC(=O)C(=O)Nc2cccc(Cl)c2Cl)cc1. The lowest BCUT2D eigenvalue weighted by Gasteiger charge is -2.09. The summed E-state index contributed by atoms with van der Waals surface area (Å²) in [6.45, 7) is 0. The highest BCUT2D eigenvalue weighted by Crippen LogP contribution is 2.29. The van der Waals surface area contributed by atoms with Crippen LogP contribution in [0.5, 0.6) is 11.5 Å². The summed E-state index contributed by atoms with van der Waals surface area (Å²) in [4.78, 5) is 36.7. The van der Waals surface area contributed by atoms with E-state index >= 15 is 0 Å². The van der Waals surface area contributed by atoms with Crippen LogP contribution in [0.2, 0.25) is 10.0 Å². The van der Waals surface area contributed by atoms with Crippen molar-refractivity contribution >= 4 is 68.8 Å². The second-order valence-electron chi connectivity index (χ2n) is 6.55. The van der Waals surface area contributed by atoms with Gasteiger partial charge in [-0.25, -0.2) is 10.2 Å². The Hall–Kier alpha value is -3.40. The minimum Gasteiger partial charge on any atom is -0.497 e. The van der Waals surface area contributed by atoms with E-state index in [-0.39, 0.29) is 21.5 Å². The molecule has 0 bridgehead atoms. The number of ether oxygens (including phenoxy) is 2. The van der Waals surface area contributed by atoms with Crippen LogP contribution in [0.4, 0.5) is 5.69 Å². The second kappa shape index (κ2) is 11.6. The number of hydrogen-bond donors (Lipinski definition) is 2. The molecule has 2 amide bonds. The Morgan fingerprint density at radius 2 is 1.74 bits per heavy atom. The number of amides is 2. The molecule has 0 heterocycles. The van der Waals surface area contributed by atoms with E-state index in [1.807, 2.05) is 0 Å². The van der Waals surface area contributed by atoms with Crippen LogP contribution in [0.15, 0.2) is 70.2 Å². The number of benzene rings is 3. The molecule has 0 aliphatic heterocycles. The lowest BCUT2D eigenvalue weighted by atomic mass is 10.2. The van der Waals surface area contributed by atoms with E-state index in [1.165, 1.54) is 19.4 Å². The summed E-state index contributed by atoms with van der Waals surface area (Å²) >= 11 is 15.2. The van der Waals surface area contributed by atoms with Crippen molar-refractivity contribution in [2.45, 2.75) is 0 Å². The highest BCUT2D eigenvalue weighted by Gasteiger charge is 2.16. The van der Waals surface area contributed by atoms with Crippen molar-refractivity contribution in [1.82, 2.24) is 5.43 Å². The Kier molecular flexibility index (Phi) is 8.64. The van der Waals surface area contributed by atoms with Crippen molar-refractivity contribution in [3.05, 3.63) is 86.3 Å². The molecule has 0 radical (unpaired) electrons. The topological polar surface area (TPSA) is 106 Å². The Bertz CT molecular complexity index is 1270. The Labute approximate surface area is 213 Å². The molecule has 3 aromatic rings. The van der Waals surface area contributed by atoms with Crippen LogP contribution in [0.1, 0.15) is 15.9 Å². The first-order valence-corrected chi connectivity index (χ1v) is 11.1. The standard InChI is InChI=1S/C23H16BrCl2N3O5/c1-33-16-8-5-13(6-9-16)23(32)34-19-10-7-15(24)11-14(19)12-27-29-22(31)21(30)28-18-4-2-3-17(25)20(18)26/h2-12H,1H3,(H,28,30)(H,29,31)/b27-12-. The number of rotatable bonds is 6. The first kappa shape index (κ1) is 25.2. The predicted octanol–water partition coefficient (Wildman–Crippen LogP) is 5.07. The zero-order chi connectivity index (χ0) is 24.7. The van der Waals surface area contributed by atoms with Gasteiger partial charge in [0.15, 0.2) is 0 Å². The van der Waals surface area contributed by atoms with Crippen LogP contribution in [-0.4, -0.2) is 31.1 Å². The van der Waals surface area contributed by atoms with Gasteiger partial charge in [-0.15, -0.1) is 0 Å². The molecule has 0 aromatic heterocycles. The summed E-state index contributed by atoms with van der Waals surface area (Å²) < 4.78 is 11.2. The third-order valence-electron chi connectivity index (χ3n) is 4.28. The number of esters is 1. The zero-order valence-corrected chi connectivity index (χ0v) is 20.6. The third-order valence-corrected chi connectivity index (χ3v) is 5.59. The van der Waals surface area contributed by atoms with E-state index in [0.29, 0.717) is 21.3 Å². The van der Waals surface area contributed by atoms with E-state index in [0.717, 1.165) is 0 Å². The molecule has 3 rings (SSSR count). The molecule has 2 N–H and O–H groups in total. The van der Waals surface area contributed by atoms with Gasteiger partial charge in [-0.05, 0) is 54.6 Å². The minimum atomic E-state index is -1.04. The van der Waals surface area contributed by atoms with Gasteiger partial charge in [-0.1, -0.05) is 45.2 Å². The van der Waals surface area contributed by atoms with Crippen molar-refractivity contribution in [2.75, 3.05) is 12.4 Å². The van der Waals surface area contributed by atoms with E-state index in [2.05, 4.69) is 31.8 Å². The highest BCUT2D eigenvalue weighted by molar-refractivity contribution is 9.10. The summed E-state index contributed by atoms with van der Waals surface area (Å²) in [5.41, 5.74) is 2.97. The molecule has 3 aromatic carbocycles. The van der Waals surface area contributed by atoms with Gasteiger partial charge >= 0.3 is 17.8 Å². The number of nitrogens with one attached hydrogen (secondary N) is 2. The molecule has 11 heteroatoms. The smallest absolute Gasteiger partial charge is 0.343 e. The van der Waals surface area contributed by atoms with E-state index < -0.39 is 17.8 Å². The van der Waals surface area contributed by atoms with Crippen LogP contribution in [0.25, 0.3) is 0 Å². The van der Waals surface area contributed by atoms with E-state index in [4.69, 9.17) is 32.7 Å². The van der Waals surface area contributed by atoms with Crippen molar-refractivity contribution in [3.8, 4) is 11.5 Å². The van der Waals surface area contributed by atoms with Gasteiger partial charge in [0.25, 0.3) is 0 Å². The van der Waals surface area contributed by atoms with Crippen LogP contribution in [-0.2, 0) is 9.59 Å². The third kappa shape index (κ3) is 6.57. The number of hydrogen-bond acceptors (Lipinski definition) is 6. The fourth-order valence-electron chi connectivity index (χ4n) is 2.59. The van der Waals surface area contributed by atoms with Gasteiger partial charge in [-0.2, -0.15) is 5.10 Å². The second-order valence-corrected chi connectivity index (χ2v) is 8.26. The number of carbonyl (C=O) groups is 3. The van der Waals surface area contributed by atoms with Gasteiger partial charge in [0.2, 0.25) is 0 Å². The first-order chi connectivity index (χ1) is 16.3. The molecular weight excluding hydrogens is 549 g/mol. The van der Waals surface area contributed by atoms with E-state index in [1.54, 1.807) is 54.6 Å². The summed E-state index contributed by atoms with van der Waals surface area (Å²) in [7, 11) is 1.52. The lowest BCUT2D eigenvalue weighted by molar-refractivity contribution is -0.136. The van der Waals surface area contributed by atoms with Gasteiger partial charge < -0.3 is 14.8 Å². The molecule has 0 atom stereocenters. The number of anilines is 1. The van der Waals surface area contributed by atoms with Gasteiger partial charge in [-0.3, -0.25) is 9.59 Å². The Morgan fingerprint density at radius 1 is 1.00 bits per heavy atom. The first-order valence-electron chi connectivity index (χ1n) is 9.52. The van der Waals surface area contributed by atoms with Crippen molar-refractivity contribution in [1.29, 1.82) is 0 Å². The molecular formula is C23H16BrCl2N3O5. The highest BCUT2D eigenvalue weighted by atomic mass is 79.9. The van der Waals surface area contributed by atoms with Crippen molar-refractivity contribution < 1.29 is 23.9 Å². The molecule has 0 saturated carbocycles. The van der Waals surface area contributed by atoms with Crippen LogP contribution in [0, 0.1) is 0 Å². The zero-order valence-electron chi connectivity index (χ0n) is 17.5. The van der Waals surface area contributed by atoms with Gasteiger partial charge in [0.1, 0.15) is 11.5 Å². The molecule has 0 fully saturated rings. The molecule has 0 aliphatic carbocycles. The summed E-state index contributed by atoms with van der Waals surface area (Å²) in [5.74, 6) is -1.84. The number of nitrogens with zero attached hydrogens (tertiary/aromatic N) is 1. The van der Waals surface area contributed by atoms with Crippen molar-refractivity contribution in [2.24, 2.45) is 5.10 Å². The molecule has 8 nitrogen and oxygen atoms in total.